The van der Waals surface area contributed by atoms with Crippen LogP contribution in [0.25, 0.3) is 0 Å². The number of hydrogen-bond acceptors (Lipinski definition) is 3. The van der Waals surface area contributed by atoms with E-state index in [1.807, 2.05) is 25.9 Å². The summed E-state index contributed by atoms with van der Waals surface area (Å²) in [4.78, 5) is 12.9. The molecule has 0 bridgehead atoms. The lowest BCUT2D eigenvalue weighted by Gasteiger charge is -2.18. The van der Waals surface area contributed by atoms with Crippen LogP contribution in [0.4, 0.5) is 0 Å². The van der Waals surface area contributed by atoms with E-state index in [4.69, 9.17) is 5.11 Å². The summed E-state index contributed by atoms with van der Waals surface area (Å²) in [5.41, 5.74) is 0. The molecule has 0 aliphatic rings. The second kappa shape index (κ2) is 5.09. The average molecular weight is 160 g/mol. The first kappa shape index (κ1) is 10.4. The second-order valence-electron chi connectivity index (χ2n) is 2.65. The lowest BCUT2D eigenvalue weighted by Crippen LogP contribution is -2.42. The first-order chi connectivity index (χ1) is 5.09. The van der Waals surface area contributed by atoms with Crippen molar-refractivity contribution in [2.24, 2.45) is 0 Å². The van der Waals surface area contributed by atoms with Crippen LogP contribution in [0.2, 0.25) is 0 Å². The zero-order valence-corrected chi connectivity index (χ0v) is 7.29. The molecule has 0 aromatic heterocycles. The molecule has 0 unspecified atom stereocenters. The number of amides is 1. The van der Waals surface area contributed by atoms with Gasteiger partial charge in [0.2, 0.25) is 5.91 Å². The Kier molecular flexibility index (Phi) is 4.81. The normalized spacial score (nSPS) is 13.2. The number of nitrogens with zero attached hydrogens (tertiary/aromatic N) is 1. The van der Waals surface area contributed by atoms with Crippen molar-refractivity contribution in [3.8, 4) is 0 Å². The molecular formula is C7H16N2O2. The number of aliphatic hydroxyl groups excluding tert-OH is 1. The Labute approximate surface area is 67.2 Å². The minimum atomic E-state index is -0.137. The van der Waals surface area contributed by atoms with Crippen LogP contribution in [0.3, 0.4) is 0 Å². The van der Waals surface area contributed by atoms with Crippen molar-refractivity contribution >= 4 is 5.91 Å². The van der Waals surface area contributed by atoms with Crippen LogP contribution < -0.4 is 5.32 Å². The lowest BCUT2D eigenvalue weighted by molar-refractivity contribution is -0.125. The van der Waals surface area contributed by atoms with Crippen LogP contribution in [-0.4, -0.2) is 49.2 Å². The number of likely N-dealkylation sites (N-methyl/N-ethyl adjacent to an activating group) is 1. The number of rotatable bonds is 4. The molecule has 4 nitrogen and oxygen atoms in total. The van der Waals surface area contributed by atoms with Gasteiger partial charge in [-0.15, -0.1) is 0 Å². The van der Waals surface area contributed by atoms with Crippen molar-refractivity contribution in [3.63, 3.8) is 0 Å². The van der Waals surface area contributed by atoms with Crippen LogP contribution in [0.1, 0.15) is 6.92 Å². The van der Waals surface area contributed by atoms with E-state index in [2.05, 4.69) is 5.32 Å². The molecule has 0 aromatic carbocycles. The summed E-state index contributed by atoms with van der Waals surface area (Å²) >= 11 is 0. The summed E-state index contributed by atoms with van der Waals surface area (Å²) in [6.07, 6.45) is 0. The highest BCUT2D eigenvalue weighted by molar-refractivity contribution is 5.81. The smallest absolute Gasteiger partial charge is 0.237 e. The van der Waals surface area contributed by atoms with Gasteiger partial charge in [0.15, 0.2) is 0 Å². The Bertz CT molecular complexity index is 126. The topological polar surface area (TPSA) is 52.6 Å². The lowest BCUT2D eigenvalue weighted by atomic mass is 10.3. The second-order valence-corrected chi connectivity index (χ2v) is 2.65. The first-order valence-electron chi connectivity index (χ1n) is 3.64. The third-order valence-electron chi connectivity index (χ3n) is 1.57. The third-order valence-corrected chi connectivity index (χ3v) is 1.57. The molecule has 0 spiro atoms. The fraction of sp³-hybridized carbons (Fsp3) is 0.857. The number of nitrogens with one attached hydrogen (secondary N) is 1. The van der Waals surface area contributed by atoms with Crippen molar-refractivity contribution in [2.75, 3.05) is 27.2 Å². The van der Waals surface area contributed by atoms with Gasteiger partial charge in [0.1, 0.15) is 0 Å². The molecule has 11 heavy (non-hydrogen) atoms. The minimum Gasteiger partial charge on any atom is -0.395 e. The highest BCUT2D eigenvalue weighted by Gasteiger charge is 2.12. The van der Waals surface area contributed by atoms with Gasteiger partial charge in [-0.2, -0.15) is 0 Å². The van der Waals surface area contributed by atoms with E-state index < -0.39 is 0 Å². The van der Waals surface area contributed by atoms with Crippen LogP contribution in [-0.2, 0) is 4.79 Å². The molecule has 0 heterocycles. The predicted molar refractivity (Wildman–Crippen MR) is 43.2 cm³/mol. The third kappa shape index (κ3) is 3.95. The van der Waals surface area contributed by atoms with E-state index >= 15 is 0 Å². The van der Waals surface area contributed by atoms with Gasteiger partial charge >= 0.3 is 0 Å². The van der Waals surface area contributed by atoms with Gasteiger partial charge < -0.3 is 10.4 Å². The summed E-state index contributed by atoms with van der Waals surface area (Å²) in [6, 6.07) is -0.137. The van der Waals surface area contributed by atoms with E-state index in [1.54, 1.807) is 0 Å². The van der Waals surface area contributed by atoms with Crippen molar-refractivity contribution < 1.29 is 9.90 Å². The number of hydrogen-bond donors (Lipinski definition) is 2. The highest BCUT2D eigenvalue weighted by Crippen LogP contribution is 1.89. The summed E-state index contributed by atoms with van der Waals surface area (Å²) in [7, 11) is 3.67. The maximum atomic E-state index is 11.1. The van der Waals surface area contributed by atoms with Crippen LogP contribution in [0.5, 0.6) is 0 Å². The number of carbonyl (C=O) groups is 1. The van der Waals surface area contributed by atoms with Gasteiger partial charge in [0.25, 0.3) is 0 Å². The molecule has 1 amide bonds. The van der Waals surface area contributed by atoms with Crippen LogP contribution in [0, 0.1) is 0 Å². The molecule has 0 aliphatic carbocycles. The van der Waals surface area contributed by atoms with Gasteiger partial charge in [-0.25, -0.2) is 0 Å². The Morgan fingerprint density at radius 3 is 2.55 bits per heavy atom. The molecular weight excluding hydrogens is 144 g/mol. The zero-order chi connectivity index (χ0) is 8.85. The Balaban J connectivity index is 3.64. The van der Waals surface area contributed by atoms with Crippen LogP contribution in [0.15, 0.2) is 0 Å². The van der Waals surface area contributed by atoms with Crippen molar-refractivity contribution in [3.05, 3.63) is 0 Å². The molecule has 2 N–H and O–H groups in total. The van der Waals surface area contributed by atoms with E-state index in [0.29, 0.717) is 6.54 Å². The Morgan fingerprint density at radius 2 is 2.18 bits per heavy atom. The maximum Gasteiger partial charge on any atom is 0.237 e. The largest absolute Gasteiger partial charge is 0.395 e. The molecule has 1 atom stereocenters. The van der Waals surface area contributed by atoms with Gasteiger partial charge in [0, 0.05) is 6.54 Å². The fourth-order valence-electron chi connectivity index (χ4n) is 0.561. The van der Waals surface area contributed by atoms with Gasteiger partial charge in [-0.05, 0) is 21.0 Å². The van der Waals surface area contributed by atoms with Gasteiger partial charge in [0.05, 0.1) is 12.6 Å². The van der Waals surface area contributed by atoms with Crippen LogP contribution >= 0.6 is 0 Å². The quantitative estimate of drug-likeness (QED) is 0.557. The first-order valence-corrected chi connectivity index (χ1v) is 3.64. The predicted octanol–water partition coefficient (Wildman–Crippen LogP) is -0.955. The minimum absolute atomic E-state index is 0.00805. The highest BCUT2D eigenvalue weighted by atomic mass is 16.3. The van der Waals surface area contributed by atoms with E-state index in [1.165, 1.54) is 0 Å². The van der Waals surface area contributed by atoms with Crippen molar-refractivity contribution in [1.29, 1.82) is 0 Å². The molecule has 0 saturated heterocycles. The fourth-order valence-corrected chi connectivity index (χ4v) is 0.561. The van der Waals surface area contributed by atoms with Gasteiger partial charge in [-0.1, -0.05) is 0 Å². The Hall–Kier alpha value is -0.610. The maximum absolute atomic E-state index is 11.1. The van der Waals surface area contributed by atoms with Crippen molar-refractivity contribution in [1.82, 2.24) is 10.2 Å². The van der Waals surface area contributed by atoms with E-state index in [0.717, 1.165) is 0 Å². The zero-order valence-electron chi connectivity index (χ0n) is 7.29. The molecule has 0 radical (unpaired) electrons. The summed E-state index contributed by atoms with van der Waals surface area (Å²) in [5.74, 6) is -0.0518. The summed E-state index contributed by atoms with van der Waals surface area (Å²) < 4.78 is 0. The standard InChI is InChI=1S/C7H16N2O2/c1-6(9(2)3)7(11)8-4-5-10/h6,10H,4-5H2,1-3H3,(H,8,11)/t6-/m0/s1. The van der Waals surface area contributed by atoms with Gasteiger partial charge in [-0.3, -0.25) is 9.69 Å². The molecule has 66 valence electrons. The van der Waals surface area contributed by atoms with Crippen molar-refractivity contribution in [2.45, 2.75) is 13.0 Å². The molecule has 0 saturated carbocycles. The van der Waals surface area contributed by atoms with E-state index in [9.17, 15) is 4.79 Å². The Morgan fingerprint density at radius 1 is 1.64 bits per heavy atom. The summed E-state index contributed by atoms with van der Waals surface area (Å²) in [5, 5.41) is 11.0. The SMILES string of the molecule is C[C@@H](C(=O)NCCO)N(C)C. The molecule has 0 rings (SSSR count). The number of carbonyl (C=O) groups excluding carboxylic acids is 1. The molecule has 0 fully saturated rings. The number of aliphatic hydroxyl groups is 1. The average Bonchev–Trinajstić information content (AvgIpc) is 1.98. The monoisotopic (exact) mass is 160 g/mol. The molecule has 0 aromatic rings. The molecule has 0 aliphatic heterocycles. The molecule has 4 heteroatoms. The van der Waals surface area contributed by atoms with E-state index in [-0.39, 0.29) is 18.6 Å². The summed E-state index contributed by atoms with van der Waals surface area (Å²) in [6.45, 7) is 2.13.